The van der Waals surface area contributed by atoms with E-state index < -0.39 is 9.84 Å². The Bertz CT molecular complexity index is 487. The molecular formula is C11H15NO3S2. The Morgan fingerprint density at radius 2 is 2.24 bits per heavy atom. The second kappa shape index (κ2) is 4.78. The predicted molar refractivity (Wildman–Crippen MR) is 67.9 cm³/mol. The molecule has 0 radical (unpaired) electrons. The lowest BCUT2D eigenvalue weighted by molar-refractivity contribution is -0.133. The summed E-state index contributed by atoms with van der Waals surface area (Å²) in [4.78, 5) is 13.4. The van der Waals surface area contributed by atoms with Crippen LogP contribution in [0.2, 0.25) is 0 Å². The molecule has 1 aromatic rings. The second-order valence-electron chi connectivity index (χ2n) is 4.18. The molecule has 2 heterocycles. The summed E-state index contributed by atoms with van der Waals surface area (Å²) in [6.07, 6.45) is 0.377. The van der Waals surface area contributed by atoms with Crippen molar-refractivity contribution >= 4 is 27.1 Å². The fourth-order valence-electron chi connectivity index (χ4n) is 1.78. The fourth-order valence-corrected chi connectivity index (χ4v) is 3.74. The minimum absolute atomic E-state index is 0.0194. The number of hydrogen-bond acceptors (Lipinski definition) is 4. The van der Waals surface area contributed by atoms with E-state index in [0.29, 0.717) is 19.5 Å². The fraction of sp³-hybridized carbons (Fsp3) is 0.545. The number of amides is 1. The van der Waals surface area contributed by atoms with Gasteiger partial charge in [0.05, 0.1) is 11.7 Å². The zero-order valence-corrected chi connectivity index (χ0v) is 11.3. The van der Waals surface area contributed by atoms with Gasteiger partial charge < -0.3 is 4.90 Å². The quantitative estimate of drug-likeness (QED) is 0.820. The maximum Gasteiger partial charge on any atom is 0.227 e. The summed E-state index contributed by atoms with van der Waals surface area (Å²) in [6, 6.07) is 1.92. The van der Waals surface area contributed by atoms with Crippen LogP contribution in [0.1, 0.15) is 12.5 Å². The van der Waals surface area contributed by atoms with E-state index in [9.17, 15) is 13.2 Å². The molecule has 0 aromatic carbocycles. The van der Waals surface area contributed by atoms with Crippen molar-refractivity contribution in [2.45, 2.75) is 18.6 Å². The molecule has 0 atom stereocenters. The minimum atomic E-state index is -2.98. The first kappa shape index (κ1) is 12.6. The van der Waals surface area contributed by atoms with E-state index in [1.54, 1.807) is 23.2 Å². The van der Waals surface area contributed by atoms with Crippen LogP contribution >= 0.6 is 11.3 Å². The van der Waals surface area contributed by atoms with Crippen molar-refractivity contribution in [3.63, 3.8) is 0 Å². The molecular weight excluding hydrogens is 258 g/mol. The standard InChI is InChI=1S/C11H15NO3S2/c1-2-17(14,15)10-6-12(7-10)11(13)5-9-3-4-16-8-9/h3-4,8,10H,2,5-7H2,1H3. The van der Waals surface area contributed by atoms with Crippen LogP contribution in [0.5, 0.6) is 0 Å². The summed E-state index contributed by atoms with van der Waals surface area (Å²) in [5.41, 5.74) is 1.00. The lowest BCUT2D eigenvalue weighted by atomic mass is 10.1. The van der Waals surface area contributed by atoms with Crippen molar-refractivity contribution in [2.75, 3.05) is 18.8 Å². The molecule has 1 fully saturated rings. The molecule has 6 heteroatoms. The van der Waals surface area contributed by atoms with Crippen LogP contribution in [-0.2, 0) is 21.1 Å². The zero-order valence-electron chi connectivity index (χ0n) is 9.63. The Labute approximate surface area is 105 Å². The van der Waals surface area contributed by atoms with Gasteiger partial charge in [-0.1, -0.05) is 6.92 Å². The van der Waals surface area contributed by atoms with Crippen LogP contribution in [0.4, 0.5) is 0 Å². The average Bonchev–Trinajstić information content (AvgIpc) is 2.67. The third-order valence-corrected chi connectivity index (χ3v) is 5.90. The molecule has 4 nitrogen and oxygen atoms in total. The van der Waals surface area contributed by atoms with E-state index in [0.717, 1.165) is 5.56 Å². The summed E-state index contributed by atoms with van der Waals surface area (Å²) in [7, 11) is -2.98. The van der Waals surface area contributed by atoms with Crippen molar-refractivity contribution < 1.29 is 13.2 Å². The van der Waals surface area contributed by atoms with Gasteiger partial charge in [0.2, 0.25) is 5.91 Å². The van der Waals surface area contributed by atoms with E-state index in [-0.39, 0.29) is 16.9 Å². The number of nitrogens with zero attached hydrogens (tertiary/aromatic N) is 1. The number of carbonyl (C=O) groups excluding carboxylic acids is 1. The second-order valence-corrected chi connectivity index (χ2v) is 7.53. The first-order valence-corrected chi connectivity index (χ1v) is 8.19. The van der Waals surface area contributed by atoms with Crippen LogP contribution in [0.15, 0.2) is 16.8 Å². The first-order chi connectivity index (χ1) is 8.03. The van der Waals surface area contributed by atoms with Crippen LogP contribution in [0.25, 0.3) is 0 Å². The Morgan fingerprint density at radius 3 is 2.76 bits per heavy atom. The van der Waals surface area contributed by atoms with Gasteiger partial charge in [-0.25, -0.2) is 8.42 Å². The molecule has 17 heavy (non-hydrogen) atoms. The predicted octanol–water partition coefficient (Wildman–Crippen LogP) is 0.936. The summed E-state index contributed by atoms with van der Waals surface area (Å²) in [6.45, 7) is 2.36. The molecule has 0 aliphatic carbocycles. The summed E-state index contributed by atoms with van der Waals surface area (Å²) in [5.74, 6) is 0.176. The van der Waals surface area contributed by atoms with Gasteiger partial charge in [0.15, 0.2) is 9.84 Å². The van der Waals surface area contributed by atoms with Gasteiger partial charge in [-0.05, 0) is 22.4 Å². The van der Waals surface area contributed by atoms with E-state index in [1.807, 2.05) is 16.8 Å². The van der Waals surface area contributed by atoms with Crippen molar-refractivity contribution in [1.82, 2.24) is 4.90 Å². The zero-order chi connectivity index (χ0) is 12.5. The number of thiophene rings is 1. The summed E-state index contributed by atoms with van der Waals surface area (Å²) in [5, 5.41) is 3.53. The van der Waals surface area contributed by atoms with Crippen LogP contribution < -0.4 is 0 Å². The highest BCUT2D eigenvalue weighted by molar-refractivity contribution is 7.92. The smallest absolute Gasteiger partial charge is 0.227 e. The Hall–Kier alpha value is -0.880. The average molecular weight is 273 g/mol. The maximum atomic E-state index is 11.8. The van der Waals surface area contributed by atoms with Gasteiger partial charge in [0.1, 0.15) is 0 Å². The van der Waals surface area contributed by atoms with Gasteiger partial charge >= 0.3 is 0 Å². The van der Waals surface area contributed by atoms with Crippen LogP contribution in [-0.4, -0.2) is 43.3 Å². The van der Waals surface area contributed by atoms with E-state index in [2.05, 4.69) is 0 Å². The Balaban J connectivity index is 1.86. The molecule has 1 amide bonds. The third kappa shape index (κ3) is 2.69. The van der Waals surface area contributed by atoms with E-state index in [4.69, 9.17) is 0 Å². The molecule has 94 valence electrons. The van der Waals surface area contributed by atoms with Crippen molar-refractivity contribution in [1.29, 1.82) is 0 Å². The van der Waals surface area contributed by atoms with Gasteiger partial charge in [0, 0.05) is 18.8 Å². The molecule has 0 bridgehead atoms. The largest absolute Gasteiger partial charge is 0.340 e. The Kier molecular flexibility index (Phi) is 3.53. The topological polar surface area (TPSA) is 54.5 Å². The van der Waals surface area contributed by atoms with Crippen LogP contribution in [0, 0.1) is 0 Å². The Morgan fingerprint density at radius 1 is 1.53 bits per heavy atom. The number of carbonyl (C=O) groups is 1. The van der Waals surface area contributed by atoms with Crippen molar-refractivity contribution in [3.8, 4) is 0 Å². The highest BCUT2D eigenvalue weighted by atomic mass is 32.2. The number of hydrogen-bond donors (Lipinski definition) is 0. The number of rotatable bonds is 4. The van der Waals surface area contributed by atoms with Gasteiger partial charge in [-0.3, -0.25) is 4.79 Å². The molecule has 0 spiro atoms. The van der Waals surface area contributed by atoms with E-state index >= 15 is 0 Å². The summed E-state index contributed by atoms with van der Waals surface area (Å²) < 4.78 is 23.1. The first-order valence-electron chi connectivity index (χ1n) is 5.53. The SMILES string of the molecule is CCS(=O)(=O)C1CN(C(=O)Cc2ccsc2)C1. The number of sulfone groups is 1. The third-order valence-electron chi connectivity index (χ3n) is 3.05. The van der Waals surface area contributed by atoms with Crippen molar-refractivity contribution in [3.05, 3.63) is 22.4 Å². The molecule has 0 saturated carbocycles. The summed E-state index contributed by atoms with van der Waals surface area (Å²) >= 11 is 1.56. The lowest BCUT2D eigenvalue weighted by Crippen LogP contribution is -2.57. The van der Waals surface area contributed by atoms with Crippen LogP contribution in [0.3, 0.4) is 0 Å². The molecule has 0 unspecified atom stereocenters. The maximum absolute atomic E-state index is 11.8. The van der Waals surface area contributed by atoms with Crippen molar-refractivity contribution in [2.24, 2.45) is 0 Å². The van der Waals surface area contributed by atoms with Gasteiger partial charge in [-0.15, -0.1) is 0 Å². The minimum Gasteiger partial charge on any atom is -0.340 e. The molecule has 2 rings (SSSR count). The highest BCUT2D eigenvalue weighted by Gasteiger charge is 2.38. The molecule has 0 N–H and O–H groups in total. The molecule has 1 aliphatic rings. The highest BCUT2D eigenvalue weighted by Crippen LogP contribution is 2.18. The lowest BCUT2D eigenvalue weighted by Gasteiger charge is -2.38. The van der Waals surface area contributed by atoms with E-state index in [1.165, 1.54) is 0 Å². The molecule has 1 aliphatic heterocycles. The molecule has 1 aromatic heterocycles. The number of likely N-dealkylation sites (tertiary alicyclic amines) is 1. The van der Waals surface area contributed by atoms with Gasteiger partial charge in [-0.2, -0.15) is 11.3 Å². The van der Waals surface area contributed by atoms with Gasteiger partial charge in [0.25, 0.3) is 0 Å². The molecule has 1 saturated heterocycles. The monoisotopic (exact) mass is 273 g/mol. The normalized spacial score (nSPS) is 16.9.